The van der Waals surface area contributed by atoms with E-state index in [1.165, 1.54) is 6.07 Å². The zero-order chi connectivity index (χ0) is 18.0. The fourth-order valence-electron chi connectivity index (χ4n) is 2.84. The van der Waals surface area contributed by atoms with Gasteiger partial charge in [-0.15, -0.1) is 0 Å². The summed E-state index contributed by atoms with van der Waals surface area (Å²) in [6.45, 7) is 3.11. The van der Waals surface area contributed by atoms with Crippen molar-refractivity contribution >= 4 is 40.6 Å². The summed E-state index contributed by atoms with van der Waals surface area (Å²) in [7, 11) is 0. The number of hydrogen-bond acceptors (Lipinski definition) is 2. The fourth-order valence-corrected chi connectivity index (χ4v) is 3.18. The molecule has 0 bridgehead atoms. The molecule has 1 heterocycles. The SMILES string of the molecule is Cc1ccc(N2CC[C@@H](NC(=O)Nc3cccc(Cl)c3Cl)C2)cc1F. The molecule has 1 fully saturated rings. The Morgan fingerprint density at radius 2 is 2.08 bits per heavy atom. The van der Waals surface area contributed by atoms with Crippen molar-refractivity contribution in [1.29, 1.82) is 0 Å². The van der Waals surface area contributed by atoms with Crippen molar-refractivity contribution in [3.8, 4) is 0 Å². The zero-order valence-corrected chi connectivity index (χ0v) is 15.2. The molecule has 1 atom stereocenters. The summed E-state index contributed by atoms with van der Waals surface area (Å²) in [6.07, 6.45) is 0.784. The van der Waals surface area contributed by atoms with Gasteiger partial charge in [0.2, 0.25) is 0 Å². The van der Waals surface area contributed by atoms with Crippen LogP contribution in [0.15, 0.2) is 36.4 Å². The van der Waals surface area contributed by atoms with Crippen molar-refractivity contribution < 1.29 is 9.18 Å². The number of nitrogens with zero attached hydrogens (tertiary/aromatic N) is 1. The largest absolute Gasteiger partial charge is 0.369 e. The lowest BCUT2D eigenvalue weighted by molar-refractivity contribution is 0.249. The van der Waals surface area contributed by atoms with Crippen LogP contribution in [-0.2, 0) is 0 Å². The van der Waals surface area contributed by atoms with Gasteiger partial charge in [0.25, 0.3) is 0 Å². The number of rotatable bonds is 3. The number of aryl methyl sites for hydroxylation is 1. The first-order chi connectivity index (χ1) is 11.9. The Bertz CT molecular complexity index is 800. The standard InChI is InChI=1S/C18H18Cl2FN3O/c1-11-5-6-13(9-15(11)21)24-8-7-12(10-24)22-18(25)23-16-4-2-3-14(19)17(16)20/h2-6,9,12H,7-8,10H2,1H3,(H2,22,23,25)/t12-/m1/s1. The van der Waals surface area contributed by atoms with E-state index in [2.05, 4.69) is 15.5 Å². The highest BCUT2D eigenvalue weighted by Gasteiger charge is 2.24. The average molecular weight is 382 g/mol. The smallest absolute Gasteiger partial charge is 0.319 e. The molecule has 4 nitrogen and oxygen atoms in total. The number of anilines is 2. The molecule has 2 amide bonds. The van der Waals surface area contributed by atoms with Gasteiger partial charge in [0.1, 0.15) is 5.82 Å². The van der Waals surface area contributed by atoms with Crippen molar-refractivity contribution in [2.75, 3.05) is 23.3 Å². The monoisotopic (exact) mass is 381 g/mol. The predicted octanol–water partition coefficient (Wildman–Crippen LogP) is 4.84. The van der Waals surface area contributed by atoms with Gasteiger partial charge in [0.05, 0.1) is 15.7 Å². The molecule has 2 N–H and O–H groups in total. The number of halogens is 3. The van der Waals surface area contributed by atoms with Gasteiger partial charge >= 0.3 is 6.03 Å². The highest BCUT2D eigenvalue weighted by Crippen LogP contribution is 2.29. The van der Waals surface area contributed by atoms with Crippen LogP contribution < -0.4 is 15.5 Å². The van der Waals surface area contributed by atoms with E-state index in [0.717, 1.165) is 18.7 Å². The Kier molecular flexibility index (Phi) is 5.35. The molecular formula is C18H18Cl2FN3O. The van der Waals surface area contributed by atoms with E-state index in [4.69, 9.17) is 23.2 Å². The molecule has 2 aromatic rings. The van der Waals surface area contributed by atoms with E-state index in [-0.39, 0.29) is 17.9 Å². The number of benzene rings is 2. The summed E-state index contributed by atoms with van der Waals surface area (Å²) in [5.74, 6) is -0.220. The second-order valence-electron chi connectivity index (χ2n) is 6.06. The Morgan fingerprint density at radius 3 is 2.84 bits per heavy atom. The highest BCUT2D eigenvalue weighted by molar-refractivity contribution is 6.43. The Balaban J connectivity index is 1.58. The topological polar surface area (TPSA) is 44.4 Å². The van der Waals surface area contributed by atoms with Gasteiger partial charge in [-0.3, -0.25) is 0 Å². The number of carbonyl (C=O) groups is 1. The molecule has 0 aliphatic carbocycles. The molecule has 3 rings (SSSR count). The van der Waals surface area contributed by atoms with E-state index in [1.54, 1.807) is 31.2 Å². The van der Waals surface area contributed by atoms with E-state index in [9.17, 15) is 9.18 Å². The van der Waals surface area contributed by atoms with E-state index >= 15 is 0 Å². The zero-order valence-electron chi connectivity index (χ0n) is 13.7. The lowest BCUT2D eigenvalue weighted by Gasteiger charge is -2.19. The van der Waals surface area contributed by atoms with Gasteiger partial charge in [-0.25, -0.2) is 9.18 Å². The lowest BCUT2D eigenvalue weighted by Crippen LogP contribution is -2.39. The van der Waals surface area contributed by atoms with Crippen molar-refractivity contribution in [3.05, 3.63) is 57.8 Å². The maximum atomic E-state index is 13.7. The highest BCUT2D eigenvalue weighted by atomic mass is 35.5. The van der Waals surface area contributed by atoms with Gasteiger partial charge in [-0.2, -0.15) is 0 Å². The first kappa shape index (κ1) is 17.8. The van der Waals surface area contributed by atoms with Gasteiger partial charge in [0, 0.05) is 24.8 Å². The summed E-state index contributed by atoms with van der Waals surface area (Å²) in [5, 5.41) is 6.31. The van der Waals surface area contributed by atoms with Crippen molar-refractivity contribution in [3.63, 3.8) is 0 Å². The summed E-state index contributed by atoms with van der Waals surface area (Å²) < 4.78 is 13.7. The quantitative estimate of drug-likeness (QED) is 0.798. The normalized spacial score (nSPS) is 16.8. The first-order valence-corrected chi connectivity index (χ1v) is 8.72. The maximum absolute atomic E-state index is 13.7. The summed E-state index contributed by atoms with van der Waals surface area (Å²) in [6, 6.07) is 9.88. The van der Waals surface area contributed by atoms with Crippen LogP contribution >= 0.6 is 23.2 Å². The van der Waals surface area contributed by atoms with Crippen LogP contribution in [0.4, 0.5) is 20.6 Å². The molecule has 0 saturated carbocycles. The third kappa shape index (κ3) is 4.17. The Hall–Kier alpha value is -1.98. The summed E-state index contributed by atoms with van der Waals surface area (Å²) in [4.78, 5) is 14.2. The molecule has 7 heteroatoms. The van der Waals surface area contributed by atoms with Crippen LogP contribution in [0.1, 0.15) is 12.0 Å². The van der Waals surface area contributed by atoms with Crippen LogP contribution in [0.5, 0.6) is 0 Å². The first-order valence-electron chi connectivity index (χ1n) is 7.96. The molecule has 1 aliphatic heterocycles. The van der Waals surface area contributed by atoms with Crippen LogP contribution in [0, 0.1) is 12.7 Å². The minimum atomic E-state index is -0.342. The number of hydrogen-bond donors (Lipinski definition) is 2. The van der Waals surface area contributed by atoms with E-state index in [0.29, 0.717) is 27.8 Å². The minimum Gasteiger partial charge on any atom is -0.369 e. The van der Waals surface area contributed by atoms with Crippen LogP contribution in [0.3, 0.4) is 0 Å². The fraction of sp³-hybridized carbons (Fsp3) is 0.278. The molecular weight excluding hydrogens is 364 g/mol. The Morgan fingerprint density at radius 1 is 1.28 bits per heavy atom. The van der Waals surface area contributed by atoms with E-state index in [1.807, 2.05) is 6.07 Å². The molecule has 1 aliphatic rings. The van der Waals surface area contributed by atoms with Gasteiger partial charge in [0.15, 0.2) is 0 Å². The third-order valence-corrected chi connectivity index (χ3v) is 5.06. The third-order valence-electron chi connectivity index (χ3n) is 4.24. The average Bonchev–Trinajstić information content (AvgIpc) is 3.03. The van der Waals surface area contributed by atoms with Crippen LogP contribution in [-0.4, -0.2) is 25.2 Å². The number of amides is 2. The van der Waals surface area contributed by atoms with Crippen molar-refractivity contribution in [2.45, 2.75) is 19.4 Å². The molecule has 0 unspecified atom stereocenters. The molecule has 1 saturated heterocycles. The lowest BCUT2D eigenvalue weighted by atomic mass is 10.2. The van der Waals surface area contributed by atoms with Gasteiger partial charge < -0.3 is 15.5 Å². The predicted molar refractivity (Wildman–Crippen MR) is 100 cm³/mol. The second-order valence-corrected chi connectivity index (χ2v) is 6.85. The summed E-state index contributed by atoms with van der Waals surface area (Å²) >= 11 is 12.0. The summed E-state index contributed by atoms with van der Waals surface area (Å²) in [5.41, 5.74) is 1.91. The number of nitrogens with one attached hydrogen (secondary N) is 2. The molecule has 25 heavy (non-hydrogen) atoms. The minimum absolute atomic E-state index is 0.0256. The van der Waals surface area contributed by atoms with Gasteiger partial charge in [-0.1, -0.05) is 35.3 Å². The van der Waals surface area contributed by atoms with Crippen molar-refractivity contribution in [1.82, 2.24) is 5.32 Å². The number of urea groups is 1. The van der Waals surface area contributed by atoms with Crippen molar-refractivity contribution in [2.24, 2.45) is 0 Å². The maximum Gasteiger partial charge on any atom is 0.319 e. The second kappa shape index (κ2) is 7.50. The molecule has 0 aromatic heterocycles. The molecule has 2 aromatic carbocycles. The number of carbonyl (C=O) groups excluding carboxylic acids is 1. The Labute approximate surface area is 155 Å². The van der Waals surface area contributed by atoms with Crippen LogP contribution in [0.25, 0.3) is 0 Å². The van der Waals surface area contributed by atoms with E-state index < -0.39 is 0 Å². The van der Waals surface area contributed by atoms with Crippen LogP contribution in [0.2, 0.25) is 10.0 Å². The molecule has 0 spiro atoms. The molecule has 132 valence electrons. The van der Waals surface area contributed by atoms with Gasteiger partial charge in [-0.05, 0) is 43.2 Å². The molecule has 0 radical (unpaired) electrons.